The van der Waals surface area contributed by atoms with Gasteiger partial charge in [0, 0.05) is 29.4 Å². The van der Waals surface area contributed by atoms with Gasteiger partial charge in [-0.15, -0.1) is 11.8 Å². The highest BCUT2D eigenvalue weighted by Gasteiger charge is 2.10. The lowest BCUT2D eigenvalue weighted by molar-refractivity contribution is -0.131. The molecule has 0 aromatic heterocycles. The second kappa shape index (κ2) is 9.23. The molecule has 0 atom stereocenters. The number of nitrogens with zero attached hydrogens (tertiary/aromatic N) is 1. The molecule has 0 aliphatic rings. The average Bonchev–Trinajstić information content (AvgIpc) is 2.42. The van der Waals surface area contributed by atoms with Gasteiger partial charge in [0.2, 0.25) is 5.91 Å². The number of halogens is 1. The summed E-state index contributed by atoms with van der Waals surface area (Å²) in [7, 11) is 0. The predicted molar refractivity (Wildman–Crippen MR) is 80.7 cm³/mol. The monoisotopic (exact) mass is 301 g/mol. The van der Waals surface area contributed by atoms with E-state index in [2.05, 4.69) is 0 Å². The fourth-order valence-corrected chi connectivity index (χ4v) is 2.66. The first-order chi connectivity index (χ1) is 9.17. The van der Waals surface area contributed by atoms with Gasteiger partial charge in [-0.3, -0.25) is 4.79 Å². The van der Waals surface area contributed by atoms with Crippen LogP contribution in [-0.4, -0.2) is 41.4 Å². The van der Waals surface area contributed by atoms with Crippen LogP contribution in [0, 0.1) is 0 Å². The van der Waals surface area contributed by atoms with Gasteiger partial charge in [-0.25, -0.2) is 0 Å². The Morgan fingerprint density at radius 1 is 1.37 bits per heavy atom. The highest BCUT2D eigenvalue weighted by molar-refractivity contribution is 7.99. The van der Waals surface area contributed by atoms with Gasteiger partial charge in [0.15, 0.2) is 0 Å². The van der Waals surface area contributed by atoms with Crippen LogP contribution in [0.2, 0.25) is 5.02 Å². The molecule has 0 spiro atoms. The zero-order chi connectivity index (χ0) is 14.1. The molecule has 106 valence electrons. The van der Waals surface area contributed by atoms with E-state index in [4.69, 9.17) is 16.7 Å². The number of hydrogen-bond donors (Lipinski definition) is 1. The zero-order valence-corrected chi connectivity index (χ0v) is 12.7. The number of rotatable bonds is 8. The van der Waals surface area contributed by atoms with Crippen molar-refractivity contribution in [2.45, 2.75) is 24.7 Å². The molecule has 0 fully saturated rings. The van der Waals surface area contributed by atoms with Crippen LogP contribution in [0.1, 0.15) is 19.8 Å². The molecular weight excluding hydrogens is 282 g/mol. The first-order valence-electron chi connectivity index (χ1n) is 6.44. The zero-order valence-electron chi connectivity index (χ0n) is 11.1. The third-order valence-corrected chi connectivity index (χ3v) is 4.07. The molecule has 3 nitrogen and oxygen atoms in total. The number of hydrogen-bond acceptors (Lipinski definition) is 3. The fraction of sp³-hybridized carbons (Fsp3) is 0.500. The van der Waals surface area contributed by atoms with Gasteiger partial charge in [-0.2, -0.15) is 0 Å². The lowest BCUT2D eigenvalue weighted by Gasteiger charge is -2.19. The molecule has 0 unspecified atom stereocenters. The Hall–Kier alpha value is -0.710. The van der Waals surface area contributed by atoms with Crippen molar-refractivity contribution < 1.29 is 9.90 Å². The molecule has 19 heavy (non-hydrogen) atoms. The summed E-state index contributed by atoms with van der Waals surface area (Å²) >= 11 is 7.54. The van der Waals surface area contributed by atoms with E-state index in [9.17, 15) is 4.79 Å². The average molecular weight is 302 g/mol. The van der Waals surface area contributed by atoms with Gasteiger partial charge >= 0.3 is 0 Å². The molecule has 0 heterocycles. The number of thioether (sulfide) groups is 1. The highest BCUT2D eigenvalue weighted by atomic mass is 35.5. The maximum Gasteiger partial charge on any atom is 0.222 e. The Morgan fingerprint density at radius 3 is 2.63 bits per heavy atom. The van der Waals surface area contributed by atoms with E-state index < -0.39 is 0 Å². The maximum absolute atomic E-state index is 11.8. The molecule has 1 aromatic carbocycles. The third-order valence-electron chi connectivity index (χ3n) is 2.72. The van der Waals surface area contributed by atoms with Gasteiger partial charge in [0.25, 0.3) is 0 Å². The van der Waals surface area contributed by atoms with Crippen LogP contribution in [0.4, 0.5) is 0 Å². The third kappa shape index (κ3) is 6.32. The number of likely N-dealkylation sites (N-methyl/N-ethyl adjacent to an activating group) is 1. The summed E-state index contributed by atoms with van der Waals surface area (Å²) in [6.07, 6.45) is 1.38. The largest absolute Gasteiger partial charge is 0.395 e. The molecule has 1 rings (SSSR count). The number of benzene rings is 1. The SMILES string of the molecule is CCN(CCO)C(=O)CCCSc1ccc(Cl)cc1. The minimum absolute atomic E-state index is 0.0269. The lowest BCUT2D eigenvalue weighted by Crippen LogP contribution is -2.33. The highest BCUT2D eigenvalue weighted by Crippen LogP contribution is 2.21. The van der Waals surface area contributed by atoms with E-state index in [0.717, 1.165) is 17.2 Å². The van der Waals surface area contributed by atoms with Gasteiger partial charge in [-0.1, -0.05) is 11.6 Å². The standard InChI is InChI=1S/C14H20ClNO2S/c1-2-16(9-10-17)14(18)4-3-11-19-13-7-5-12(15)6-8-13/h5-8,17H,2-4,9-11H2,1H3. The first kappa shape index (κ1) is 16.3. The summed E-state index contributed by atoms with van der Waals surface area (Å²) in [5.41, 5.74) is 0. The molecule has 0 radical (unpaired) electrons. The summed E-state index contributed by atoms with van der Waals surface area (Å²) in [6.45, 7) is 3.04. The Morgan fingerprint density at radius 2 is 2.05 bits per heavy atom. The van der Waals surface area contributed by atoms with Gasteiger partial charge in [-0.05, 0) is 43.4 Å². The van der Waals surface area contributed by atoms with Crippen molar-refractivity contribution in [1.29, 1.82) is 0 Å². The number of amides is 1. The number of carbonyl (C=O) groups is 1. The number of aliphatic hydroxyl groups excluding tert-OH is 1. The van der Waals surface area contributed by atoms with Gasteiger partial charge in [0.1, 0.15) is 0 Å². The smallest absolute Gasteiger partial charge is 0.222 e. The van der Waals surface area contributed by atoms with E-state index >= 15 is 0 Å². The van der Waals surface area contributed by atoms with Crippen molar-refractivity contribution >= 4 is 29.3 Å². The Balaban J connectivity index is 2.23. The minimum Gasteiger partial charge on any atom is -0.395 e. The molecule has 0 bridgehead atoms. The van der Waals surface area contributed by atoms with E-state index in [1.54, 1.807) is 16.7 Å². The van der Waals surface area contributed by atoms with E-state index in [0.29, 0.717) is 19.5 Å². The van der Waals surface area contributed by atoms with Crippen LogP contribution >= 0.6 is 23.4 Å². The normalized spacial score (nSPS) is 10.5. The van der Waals surface area contributed by atoms with Gasteiger partial charge in [0.05, 0.1) is 6.61 Å². The number of aliphatic hydroxyl groups is 1. The quantitative estimate of drug-likeness (QED) is 0.592. The molecule has 1 N–H and O–H groups in total. The van der Waals surface area contributed by atoms with Crippen LogP contribution in [0.25, 0.3) is 0 Å². The van der Waals surface area contributed by atoms with E-state index in [1.165, 1.54) is 4.90 Å². The molecule has 1 aromatic rings. The van der Waals surface area contributed by atoms with Crippen molar-refractivity contribution in [2.75, 3.05) is 25.4 Å². The van der Waals surface area contributed by atoms with Crippen LogP contribution < -0.4 is 0 Å². The topological polar surface area (TPSA) is 40.5 Å². The second-order valence-corrected chi connectivity index (χ2v) is 5.71. The maximum atomic E-state index is 11.8. The van der Waals surface area contributed by atoms with Gasteiger partial charge < -0.3 is 10.0 Å². The Labute approximate surface area is 123 Å². The Bertz CT molecular complexity index is 384. The minimum atomic E-state index is 0.0269. The van der Waals surface area contributed by atoms with Crippen molar-refractivity contribution in [3.05, 3.63) is 29.3 Å². The summed E-state index contributed by atoms with van der Waals surface area (Å²) in [5, 5.41) is 9.59. The van der Waals surface area contributed by atoms with Crippen molar-refractivity contribution in [3.63, 3.8) is 0 Å². The molecule has 1 amide bonds. The molecule has 0 saturated carbocycles. The molecule has 0 aliphatic heterocycles. The number of carbonyl (C=O) groups excluding carboxylic acids is 1. The summed E-state index contributed by atoms with van der Waals surface area (Å²) in [6, 6.07) is 7.71. The Kier molecular flexibility index (Phi) is 7.94. The summed E-state index contributed by atoms with van der Waals surface area (Å²) in [4.78, 5) is 14.7. The van der Waals surface area contributed by atoms with Crippen LogP contribution in [0.3, 0.4) is 0 Å². The molecule has 0 aliphatic carbocycles. The molecule has 0 saturated heterocycles. The predicted octanol–water partition coefficient (Wildman–Crippen LogP) is 3.05. The van der Waals surface area contributed by atoms with Crippen LogP contribution in [-0.2, 0) is 4.79 Å². The first-order valence-corrected chi connectivity index (χ1v) is 7.80. The van der Waals surface area contributed by atoms with Crippen LogP contribution in [0.5, 0.6) is 0 Å². The van der Waals surface area contributed by atoms with Crippen molar-refractivity contribution in [1.82, 2.24) is 4.90 Å². The van der Waals surface area contributed by atoms with E-state index in [1.807, 2.05) is 31.2 Å². The van der Waals surface area contributed by atoms with Crippen molar-refractivity contribution in [3.8, 4) is 0 Å². The lowest BCUT2D eigenvalue weighted by atomic mass is 10.3. The second-order valence-electron chi connectivity index (χ2n) is 4.10. The fourth-order valence-electron chi connectivity index (χ4n) is 1.68. The summed E-state index contributed by atoms with van der Waals surface area (Å²) < 4.78 is 0. The van der Waals surface area contributed by atoms with Crippen molar-refractivity contribution in [2.24, 2.45) is 0 Å². The van der Waals surface area contributed by atoms with E-state index in [-0.39, 0.29) is 12.5 Å². The van der Waals surface area contributed by atoms with Crippen LogP contribution in [0.15, 0.2) is 29.2 Å². The molecule has 5 heteroatoms. The molecular formula is C14H20ClNO2S. The summed E-state index contributed by atoms with van der Waals surface area (Å²) in [5.74, 6) is 1.03.